The van der Waals surface area contributed by atoms with Crippen molar-refractivity contribution in [1.82, 2.24) is 4.98 Å². The van der Waals surface area contributed by atoms with E-state index in [1.54, 1.807) is 23.5 Å². The van der Waals surface area contributed by atoms with E-state index in [0.29, 0.717) is 10.7 Å². The zero-order chi connectivity index (χ0) is 14.8. The highest BCUT2D eigenvalue weighted by atomic mass is 35.5. The maximum atomic E-state index is 12.3. The number of aromatic nitrogens is 1. The molecule has 0 saturated heterocycles. The molecule has 1 amide bonds. The molecule has 0 aliphatic carbocycles. The first-order valence-corrected chi connectivity index (χ1v) is 7.86. The monoisotopic (exact) mass is 316 g/mol. The van der Waals surface area contributed by atoms with Crippen LogP contribution in [0.4, 0.5) is 5.69 Å². The fourth-order valence-corrected chi connectivity index (χ4v) is 3.11. The summed E-state index contributed by atoms with van der Waals surface area (Å²) in [6.45, 7) is 1.98. The van der Waals surface area contributed by atoms with E-state index in [9.17, 15) is 4.79 Å². The van der Waals surface area contributed by atoms with Gasteiger partial charge in [0, 0.05) is 21.6 Å². The number of pyridine rings is 1. The summed E-state index contributed by atoms with van der Waals surface area (Å²) in [7, 11) is 0. The first-order valence-electron chi connectivity index (χ1n) is 6.61. The predicted molar refractivity (Wildman–Crippen MR) is 88.4 cm³/mol. The predicted octanol–water partition coefficient (Wildman–Crippen LogP) is 4.76. The second kappa shape index (κ2) is 5.84. The van der Waals surface area contributed by atoms with Crippen LogP contribution in [0, 0.1) is 0 Å². The van der Waals surface area contributed by atoms with Gasteiger partial charge in [-0.3, -0.25) is 4.79 Å². The first kappa shape index (κ1) is 14.0. The Morgan fingerprint density at radius 2 is 2.14 bits per heavy atom. The van der Waals surface area contributed by atoms with Gasteiger partial charge < -0.3 is 5.32 Å². The van der Waals surface area contributed by atoms with Crippen molar-refractivity contribution in [3.8, 4) is 0 Å². The number of hydrogen-bond donors (Lipinski definition) is 1. The number of fused-ring (bicyclic) bond motifs is 1. The molecule has 0 fully saturated rings. The van der Waals surface area contributed by atoms with Crippen molar-refractivity contribution < 1.29 is 4.79 Å². The smallest absolute Gasteiger partial charge is 0.255 e. The number of halogens is 1. The number of anilines is 1. The summed E-state index contributed by atoms with van der Waals surface area (Å²) < 4.78 is 1.20. The molecule has 0 unspecified atom stereocenters. The van der Waals surface area contributed by atoms with Gasteiger partial charge in [0.15, 0.2) is 0 Å². The van der Waals surface area contributed by atoms with Crippen molar-refractivity contribution in [2.75, 3.05) is 5.32 Å². The van der Waals surface area contributed by atoms with Crippen LogP contribution in [0.5, 0.6) is 0 Å². The Morgan fingerprint density at radius 1 is 1.29 bits per heavy atom. The molecule has 1 aromatic carbocycles. The molecular formula is C16H13ClN2OS. The summed E-state index contributed by atoms with van der Waals surface area (Å²) >= 11 is 7.63. The molecule has 3 aromatic rings. The maximum absolute atomic E-state index is 12.3. The number of carbonyl (C=O) groups excluding carboxylic acids is 1. The van der Waals surface area contributed by atoms with E-state index >= 15 is 0 Å². The molecule has 1 N–H and O–H groups in total. The molecule has 3 nitrogen and oxygen atoms in total. The van der Waals surface area contributed by atoms with Gasteiger partial charge in [0.2, 0.25) is 0 Å². The molecular weight excluding hydrogens is 304 g/mol. The van der Waals surface area contributed by atoms with Crippen LogP contribution in [0.2, 0.25) is 5.15 Å². The highest BCUT2D eigenvalue weighted by molar-refractivity contribution is 7.17. The average Bonchev–Trinajstić information content (AvgIpc) is 2.94. The van der Waals surface area contributed by atoms with Crippen LogP contribution in [-0.2, 0) is 6.42 Å². The van der Waals surface area contributed by atoms with E-state index in [2.05, 4.69) is 10.3 Å². The lowest BCUT2D eigenvalue weighted by molar-refractivity contribution is 0.102. The van der Waals surface area contributed by atoms with Crippen LogP contribution in [0.25, 0.3) is 10.1 Å². The summed E-state index contributed by atoms with van der Waals surface area (Å²) in [6, 6.07) is 11.3. The lowest BCUT2D eigenvalue weighted by Crippen LogP contribution is -2.12. The highest BCUT2D eigenvalue weighted by Gasteiger charge is 2.09. The van der Waals surface area contributed by atoms with Crippen molar-refractivity contribution in [2.24, 2.45) is 0 Å². The maximum Gasteiger partial charge on any atom is 0.255 e. The molecule has 0 aliphatic rings. The van der Waals surface area contributed by atoms with Gasteiger partial charge in [-0.1, -0.05) is 18.5 Å². The third-order valence-electron chi connectivity index (χ3n) is 3.18. The summed E-state index contributed by atoms with van der Waals surface area (Å²) in [6.07, 6.45) is 0.738. The van der Waals surface area contributed by atoms with Gasteiger partial charge in [-0.15, -0.1) is 11.3 Å². The SMILES string of the molecule is CCc1cc(C(=O)Nc2ccc3sccc3c2)cc(Cl)n1. The summed E-state index contributed by atoms with van der Waals surface area (Å²) in [5.41, 5.74) is 2.11. The Morgan fingerprint density at radius 3 is 2.95 bits per heavy atom. The lowest BCUT2D eigenvalue weighted by atomic mass is 10.2. The zero-order valence-electron chi connectivity index (χ0n) is 11.4. The molecule has 0 bridgehead atoms. The van der Waals surface area contributed by atoms with E-state index < -0.39 is 0 Å². The van der Waals surface area contributed by atoms with Gasteiger partial charge in [0.25, 0.3) is 5.91 Å². The number of rotatable bonds is 3. The molecule has 21 heavy (non-hydrogen) atoms. The summed E-state index contributed by atoms with van der Waals surface area (Å²) in [5.74, 6) is -0.177. The number of hydrogen-bond acceptors (Lipinski definition) is 3. The Kier molecular flexibility index (Phi) is 3.90. The number of nitrogens with one attached hydrogen (secondary N) is 1. The van der Waals surface area contributed by atoms with Crippen molar-refractivity contribution in [3.63, 3.8) is 0 Å². The number of nitrogens with zero attached hydrogens (tertiary/aromatic N) is 1. The molecule has 2 aromatic heterocycles. The third-order valence-corrected chi connectivity index (χ3v) is 4.27. The van der Waals surface area contributed by atoms with Crippen molar-refractivity contribution in [2.45, 2.75) is 13.3 Å². The fourth-order valence-electron chi connectivity index (χ4n) is 2.11. The van der Waals surface area contributed by atoms with Gasteiger partial charge in [0.1, 0.15) is 5.15 Å². The molecule has 0 spiro atoms. The van der Waals surface area contributed by atoms with E-state index in [1.165, 1.54) is 4.70 Å². The first-order chi connectivity index (χ1) is 10.2. The molecule has 0 radical (unpaired) electrons. The Bertz CT molecular complexity index is 813. The molecule has 3 rings (SSSR count). The standard InChI is InChI=1S/C16H13ClN2OS/c1-2-12-8-11(9-15(17)18-12)16(20)19-13-3-4-14-10(7-13)5-6-21-14/h3-9H,2H2,1H3,(H,19,20). The van der Waals surface area contributed by atoms with E-state index in [0.717, 1.165) is 23.2 Å². The van der Waals surface area contributed by atoms with E-state index in [-0.39, 0.29) is 5.91 Å². The molecule has 2 heterocycles. The van der Waals surface area contributed by atoms with Gasteiger partial charge >= 0.3 is 0 Å². The zero-order valence-corrected chi connectivity index (χ0v) is 13.0. The number of thiophene rings is 1. The van der Waals surface area contributed by atoms with Crippen molar-refractivity contribution in [3.05, 3.63) is 58.2 Å². The molecule has 0 aliphatic heterocycles. The van der Waals surface area contributed by atoms with Crippen LogP contribution >= 0.6 is 22.9 Å². The average molecular weight is 317 g/mol. The van der Waals surface area contributed by atoms with Gasteiger partial charge in [-0.2, -0.15) is 0 Å². The molecule has 0 atom stereocenters. The lowest BCUT2D eigenvalue weighted by Gasteiger charge is -2.07. The largest absolute Gasteiger partial charge is 0.322 e. The van der Waals surface area contributed by atoms with Crippen LogP contribution < -0.4 is 5.32 Å². The van der Waals surface area contributed by atoms with Crippen LogP contribution in [0.15, 0.2) is 41.8 Å². The summed E-state index contributed by atoms with van der Waals surface area (Å²) in [4.78, 5) is 16.5. The van der Waals surface area contributed by atoms with Crippen LogP contribution in [-0.4, -0.2) is 10.9 Å². The quantitative estimate of drug-likeness (QED) is 0.707. The summed E-state index contributed by atoms with van der Waals surface area (Å²) in [5, 5.41) is 6.40. The number of amides is 1. The Labute approximate surface area is 131 Å². The molecule has 0 saturated carbocycles. The van der Waals surface area contributed by atoms with Crippen molar-refractivity contribution >= 4 is 44.6 Å². The minimum atomic E-state index is -0.177. The van der Waals surface area contributed by atoms with Gasteiger partial charge in [-0.25, -0.2) is 4.98 Å². The minimum Gasteiger partial charge on any atom is -0.322 e. The number of aryl methyl sites for hydroxylation is 1. The number of carbonyl (C=O) groups is 1. The topological polar surface area (TPSA) is 42.0 Å². The second-order valence-electron chi connectivity index (χ2n) is 4.65. The van der Waals surface area contributed by atoms with Crippen LogP contribution in [0.1, 0.15) is 23.0 Å². The second-order valence-corrected chi connectivity index (χ2v) is 5.99. The van der Waals surface area contributed by atoms with E-state index in [1.807, 2.05) is 36.6 Å². The normalized spacial score (nSPS) is 10.8. The van der Waals surface area contributed by atoms with Crippen molar-refractivity contribution in [1.29, 1.82) is 0 Å². The molecule has 106 valence electrons. The minimum absolute atomic E-state index is 0.177. The van der Waals surface area contributed by atoms with Gasteiger partial charge in [0.05, 0.1) is 0 Å². The van der Waals surface area contributed by atoms with E-state index in [4.69, 9.17) is 11.6 Å². The van der Waals surface area contributed by atoms with Gasteiger partial charge in [-0.05, 0) is 53.6 Å². The highest BCUT2D eigenvalue weighted by Crippen LogP contribution is 2.24. The number of benzene rings is 1. The third kappa shape index (κ3) is 3.06. The molecule has 5 heteroatoms. The Balaban J connectivity index is 1.86. The van der Waals surface area contributed by atoms with Crippen LogP contribution in [0.3, 0.4) is 0 Å². The fraction of sp³-hybridized carbons (Fsp3) is 0.125. The Hall–Kier alpha value is -1.91.